The van der Waals surface area contributed by atoms with Crippen LogP contribution in [0.4, 0.5) is 17.1 Å². The summed E-state index contributed by atoms with van der Waals surface area (Å²) in [4.78, 5) is 2.40. The van der Waals surface area contributed by atoms with Crippen molar-refractivity contribution in [2.45, 2.75) is 0 Å². The first kappa shape index (κ1) is 32.0. The molecule has 0 radical (unpaired) electrons. The van der Waals surface area contributed by atoms with Crippen molar-refractivity contribution in [2.75, 3.05) is 4.90 Å². The predicted molar refractivity (Wildman–Crippen MR) is 226 cm³/mol. The zero-order valence-electron chi connectivity index (χ0n) is 29.3. The molecule has 9 aromatic rings. The third-order valence-electron chi connectivity index (χ3n) is 10.1. The molecule has 0 aliphatic rings. The Balaban J connectivity index is 1.24. The Morgan fingerprint density at radius 1 is 0.245 bits per heavy atom. The fourth-order valence-corrected chi connectivity index (χ4v) is 7.59. The maximum Gasteiger partial charge on any atom is 0.0540 e. The lowest BCUT2D eigenvalue weighted by Crippen LogP contribution is -2.11. The highest BCUT2D eigenvalue weighted by Crippen LogP contribution is 2.46. The van der Waals surface area contributed by atoms with E-state index in [-0.39, 0.29) is 0 Å². The second kappa shape index (κ2) is 14.3. The topological polar surface area (TPSA) is 3.24 Å². The first-order valence-corrected chi connectivity index (χ1v) is 18.2. The molecule has 1 heteroatoms. The van der Waals surface area contributed by atoms with Crippen LogP contribution < -0.4 is 4.90 Å². The van der Waals surface area contributed by atoms with Crippen molar-refractivity contribution in [2.24, 2.45) is 0 Å². The van der Waals surface area contributed by atoms with Gasteiger partial charge in [0.05, 0.1) is 5.69 Å². The van der Waals surface area contributed by atoms with Crippen molar-refractivity contribution in [3.8, 4) is 55.6 Å². The Bertz CT molecular complexity index is 2660. The molecule has 0 saturated carbocycles. The van der Waals surface area contributed by atoms with E-state index in [1.54, 1.807) is 0 Å². The number of rotatable bonds is 8. The lowest BCUT2D eigenvalue weighted by Gasteiger charge is -2.29. The van der Waals surface area contributed by atoms with Gasteiger partial charge < -0.3 is 4.90 Å². The average molecular weight is 676 g/mol. The third kappa shape index (κ3) is 6.30. The molecule has 0 bridgehead atoms. The zero-order chi connectivity index (χ0) is 35.4. The van der Waals surface area contributed by atoms with E-state index in [0.717, 1.165) is 22.6 Å². The number of fused-ring (bicyclic) bond motifs is 1. The zero-order valence-corrected chi connectivity index (χ0v) is 29.3. The lowest BCUT2D eigenvalue weighted by atomic mass is 9.87. The number of hydrogen-bond donors (Lipinski definition) is 0. The fraction of sp³-hybridized carbons (Fsp3) is 0. The summed E-state index contributed by atoms with van der Waals surface area (Å²) in [6.45, 7) is 0. The first-order valence-electron chi connectivity index (χ1n) is 18.2. The van der Waals surface area contributed by atoms with Gasteiger partial charge in [-0.05, 0) is 97.2 Å². The molecular weight excluding hydrogens is 639 g/mol. The number of hydrogen-bond acceptors (Lipinski definition) is 1. The quantitative estimate of drug-likeness (QED) is 0.155. The Morgan fingerprint density at radius 2 is 0.774 bits per heavy atom. The van der Waals surface area contributed by atoms with Crippen LogP contribution in [0.15, 0.2) is 224 Å². The van der Waals surface area contributed by atoms with Gasteiger partial charge in [-0.3, -0.25) is 0 Å². The van der Waals surface area contributed by atoms with Crippen LogP contribution in [0.3, 0.4) is 0 Å². The summed E-state index contributed by atoms with van der Waals surface area (Å²) in [5.74, 6) is 0. The van der Waals surface area contributed by atoms with Crippen LogP contribution in [0.1, 0.15) is 0 Å². The molecule has 0 aromatic heterocycles. The molecule has 53 heavy (non-hydrogen) atoms. The molecule has 9 aromatic carbocycles. The van der Waals surface area contributed by atoms with Crippen molar-refractivity contribution < 1.29 is 0 Å². The number of para-hydroxylation sites is 2. The van der Waals surface area contributed by atoms with E-state index in [1.807, 2.05) is 0 Å². The van der Waals surface area contributed by atoms with Gasteiger partial charge in [-0.2, -0.15) is 0 Å². The number of benzene rings is 9. The summed E-state index contributed by atoms with van der Waals surface area (Å²) in [6.07, 6.45) is 0. The van der Waals surface area contributed by atoms with E-state index in [1.165, 1.54) is 60.8 Å². The molecule has 0 N–H and O–H groups in total. The minimum atomic E-state index is 1.10. The van der Waals surface area contributed by atoms with Crippen LogP contribution in [-0.4, -0.2) is 0 Å². The summed E-state index contributed by atoms with van der Waals surface area (Å²) in [6, 6.07) is 80.9. The van der Waals surface area contributed by atoms with Crippen LogP contribution in [0, 0.1) is 0 Å². The van der Waals surface area contributed by atoms with E-state index in [0.29, 0.717) is 0 Å². The van der Waals surface area contributed by atoms with Crippen LogP contribution in [0.25, 0.3) is 66.4 Å². The highest BCUT2D eigenvalue weighted by Gasteiger charge is 2.21. The predicted octanol–water partition coefficient (Wildman–Crippen LogP) is 14.6. The molecule has 0 spiro atoms. The Labute approximate surface area is 311 Å². The summed E-state index contributed by atoms with van der Waals surface area (Å²) in [5.41, 5.74) is 15.2. The van der Waals surface area contributed by atoms with Gasteiger partial charge in [0.2, 0.25) is 0 Å². The molecular formula is C52H37N. The SMILES string of the molecule is c1ccc(-c2ccc(-c3ccccc3)c(-c3ccccc3-c3ccccc3N(c3ccccc3)c3cccc(-c4cccc5ccccc45)c3)c2)cc1. The molecule has 0 fully saturated rings. The molecule has 250 valence electrons. The molecule has 1 nitrogen and oxygen atoms in total. The minimum absolute atomic E-state index is 1.10. The molecule has 0 aliphatic heterocycles. The Kier molecular flexibility index (Phi) is 8.66. The summed E-state index contributed by atoms with van der Waals surface area (Å²) >= 11 is 0. The maximum atomic E-state index is 2.40. The van der Waals surface area contributed by atoms with E-state index in [2.05, 4.69) is 229 Å². The summed E-state index contributed by atoms with van der Waals surface area (Å²) in [7, 11) is 0. The summed E-state index contributed by atoms with van der Waals surface area (Å²) in [5, 5.41) is 2.49. The van der Waals surface area contributed by atoms with Gasteiger partial charge in [-0.15, -0.1) is 0 Å². The van der Waals surface area contributed by atoms with Gasteiger partial charge in [0, 0.05) is 16.9 Å². The van der Waals surface area contributed by atoms with Crippen molar-refractivity contribution in [3.63, 3.8) is 0 Å². The Hall–Kier alpha value is -6.96. The second-order valence-corrected chi connectivity index (χ2v) is 13.3. The lowest BCUT2D eigenvalue weighted by molar-refractivity contribution is 1.28. The average Bonchev–Trinajstić information content (AvgIpc) is 3.25. The van der Waals surface area contributed by atoms with Crippen LogP contribution in [0.5, 0.6) is 0 Å². The van der Waals surface area contributed by atoms with Crippen LogP contribution in [0.2, 0.25) is 0 Å². The first-order chi connectivity index (χ1) is 26.3. The normalized spacial score (nSPS) is 11.0. The van der Waals surface area contributed by atoms with Crippen LogP contribution >= 0.6 is 0 Å². The molecule has 0 atom stereocenters. The van der Waals surface area contributed by atoms with Gasteiger partial charge in [0.25, 0.3) is 0 Å². The highest BCUT2D eigenvalue weighted by molar-refractivity contribution is 6.00. The van der Waals surface area contributed by atoms with E-state index < -0.39 is 0 Å². The minimum Gasteiger partial charge on any atom is -0.310 e. The Morgan fingerprint density at radius 3 is 1.55 bits per heavy atom. The van der Waals surface area contributed by atoms with E-state index >= 15 is 0 Å². The van der Waals surface area contributed by atoms with Crippen molar-refractivity contribution >= 4 is 27.8 Å². The van der Waals surface area contributed by atoms with Gasteiger partial charge in [-0.1, -0.05) is 188 Å². The third-order valence-corrected chi connectivity index (χ3v) is 10.1. The van der Waals surface area contributed by atoms with Gasteiger partial charge in [-0.25, -0.2) is 0 Å². The van der Waals surface area contributed by atoms with E-state index in [9.17, 15) is 0 Å². The molecule has 0 unspecified atom stereocenters. The molecule has 9 rings (SSSR count). The largest absolute Gasteiger partial charge is 0.310 e. The van der Waals surface area contributed by atoms with Crippen molar-refractivity contribution in [3.05, 3.63) is 224 Å². The van der Waals surface area contributed by atoms with Crippen LogP contribution in [-0.2, 0) is 0 Å². The maximum absolute atomic E-state index is 2.40. The molecule has 0 aliphatic carbocycles. The number of anilines is 3. The molecule has 0 amide bonds. The number of nitrogens with zero attached hydrogens (tertiary/aromatic N) is 1. The van der Waals surface area contributed by atoms with Gasteiger partial charge in [0.15, 0.2) is 0 Å². The van der Waals surface area contributed by atoms with Gasteiger partial charge >= 0.3 is 0 Å². The monoisotopic (exact) mass is 675 g/mol. The summed E-state index contributed by atoms with van der Waals surface area (Å²) < 4.78 is 0. The van der Waals surface area contributed by atoms with E-state index in [4.69, 9.17) is 0 Å². The standard InChI is InChI=1S/C52H37N/c1-4-18-38(19-5-1)41-34-35-47(39-20-6-2-7-21-39)51(37-41)49-30-13-12-29-48(49)50-31-14-15-33-52(50)53(43-25-8-3-9-26-43)44-27-16-24-42(36-44)46-32-17-23-40-22-10-11-28-45(40)46/h1-37H. The van der Waals surface area contributed by atoms with Gasteiger partial charge in [0.1, 0.15) is 0 Å². The molecule has 0 heterocycles. The fourth-order valence-electron chi connectivity index (χ4n) is 7.59. The second-order valence-electron chi connectivity index (χ2n) is 13.3. The van der Waals surface area contributed by atoms with Crippen molar-refractivity contribution in [1.29, 1.82) is 0 Å². The smallest absolute Gasteiger partial charge is 0.0540 e. The highest BCUT2D eigenvalue weighted by atomic mass is 15.1. The molecule has 0 saturated heterocycles. The van der Waals surface area contributed by atoms with Crippen molar-refractivity contribution in [1.82, 2.24) is 0 Å².